The molecule has 5 nitrogen and oxygen atoms in total. The molecule has 1 aliphatic heterocycles. The number of cyclic esters (lactones) is 1. The summed E-state index contributed by atoms with van der Waals surface area (Å²) in [5.74, 6) is -0.957. The van der Waals surface area contributed by atoms with Crippen molar-refractivity contribution >= 4 is 29.2 Å². The number of ketones is 1. The molecular formula is C28H43NO4S. The first kappa shape index (κ1) is 28.4. The zero-order chi connectivity index (χ0) is 25.6. The third-order valence-electron chi connectivity index (χ3n) is 7.51. The lowest BCUT2D eigenvalue weighted by molar-refractivity contribution is -0.150. The minimum Gasteiger partial charge on any atom is -0.457 e. The van der Waals surface area contributed by atoms with E-state index in [-0.39, 0.29) is 36.1 Å². The van der Waals surface area contributed by atoms with E-state index in [1.165, 1.54) is 5.57 Å². The highest BCUT2D eigenvalue weighted by atomic mass is 32.1. The molecule has 190 valence electrons. The second-order valence-corrected chi connectivity index (χ2v) is 11.9. The minimum absolute atomic E-state index is 0.00140. The van der Waals surface area contributed by atoms with Crippen LogP contribution < -0.4 is 0 Å². The van der Waals surface area contributed by atoms with Gasteiger partial charge in [-0.1, -0.05) is 46.3 Å². The van der Waals surface area contributed by atoms with Gasteiger partial charge in [0.1, 0.15) is 11.9 Å². The monoisotopic (exact) mass is 489 g/mol. The van der Waals surface area contributed by atoms with Crippen molar-refractivity contribution < 1.29 is 19.4 Å². The molecule has 2 heterocycles. The highest BCUT2D eigenvalue weighted by Crippen LogP contribution is 2.36. The van der Waals surface area contributed by atoms with E-state index in [4.69, 9.17) is 4.74 Å². The molecule has 0 fully saturated rings. The maximum atomic E-state index is 13.3. The Morgan fingerprint density at radius 3 is 2.50 bits per heavy atom. The number of aliphatic hydroxyl groups is 1. The molecule has 0 unspecified atom stereocenters. The summed E-state index contributed by atoms with van der Waals surface area (Å²) in [5.41, 5.74) is 2.27. The molecule has 0 bridgehead atoms. The number of allylic oxidation sites excluding steroid dienone is 1. The predicted molar refractivity (Wildman–Crippen MR) is 140 cm³/mol. The number of Topliss-reactive ketones (excluding diaryl/α,β-unsaturated/α-hetero) is 1. The van der Waals surface area contributed by atoms with Crippen molar-refractivity contribution in [1.82, 2.24) is 4.98 Å². The number of esters is 1. The maximum Gasteiger partial charge on any atom is 0.306 e. The summed E-state index contributed by atoms with van der Waals surface area (Å²) < 4.78 is 5.99. The smallest absolute Gasteiger partial charge is 0.306 e. The molecular weight excluding hydrogens is 446 g/mol. The summed E-state index contributed by atoms with van der Waals surface area (Å²) in [6.07, 6.45) is 6.61. The summed E-state index contributed by atoms with van der Waals surface area (Å²) in [5, 5.41) is 13.8. The number of carbonyl (C=O) groups excluding carboxylic acids is 2. The number of carbonyl (C=O) groups is 2. The van der Waals surface area contributed by atoms with Gasteiger partial charge in [0.05, 0.1) is 16.8 Å². The van der Waals surface area contributed by atoms with Crippen molar-refractivity contribution in [3.8, 4) is 0 Å². The lowest BCUT2D eigenvalue weighted by Crippen LogP contribution is -2.42. The number of thiazole rings is 1. The Hall–Kier alpha value is -1.79. The molecule has 5 atom stereocenters. The normalized spacial score (nSPS) is 30.6. The molecule has 2 rings (SSSR count). The van der Waals surface area contributed by atoms with Gasteiger partial charge in [-0.25, -0.2) is 4.98 Å². The predicted octanol–water partition coefficient (Wildman–Crippen LogP) is 6.54. The van der Waals surface area contributed by atoms with Gasteiger partial charge < -0.3 is 9.84 Å². The maximum absolute atomic E-state index is 13.3. The van der Waals surface area contributed by atoms with E-state index in [0.29, 0.717) is 6.42 Å². The molecule has 1 aromatic rings. The van der Waals surface area contributed by atoms with Gasteiger partial charge >= 0.3 is 5.97 Å². The van der Waals surface area contributed by atoms with Crippen LogP contribution in [-0.4, -0.2) is 34.1 Å². The lowest BCUT2D eigenvalue weighted by atomic mass is 9.69. The van der Waals surface area contributed by atoms with E-state index in [1.807, 2.05) is 59.9 Å². The fourth-order valence-electron chi connectivity index (χ4n) is 4.59. The van der Waals surface area contributed by atoms with Gasteiger partial charge in [0.2, 0.25) is 0 Å². The fourth-order valence-corrected chi connectivity index (χ4v) is 5.16. The van der Waals surface area contributed by atoms with Crippen LogP contribution in [0.4, 0.5) is 0 Å². The lowest BCUT2D eigenvalue weighted by Gasteiger charge is -2.35. The van der Waals surface area contributed by atoms with Crippen LogP contribution in [0.5, 0.6) is 0 Å². The van der Waals surface area contributed by atoms with E-state index in [2.05, 4.69) is 18.0 Å². The zero-order valence-electron chi connectivity index (χ0n) is 22.2. The molecule has 0 aromatic carbocycles. The highest BCUT2D eigenvalue weighted by molar-refractivity contribution is 7.09. The molecule has 0 saturated carbocycles. The van der Waals surface area contributed by atoms with E-state index in [1.54, 1.807) is 11.3 Å². The van der Waals surface area contributed by atoms with Crippen LogP contribution >= 0.6 is 11.3 Å². The van der Waals surface area contributed by atoms with Crippen LogP contribution in [0.25, 0.3) is 6.08 Å². The Bertz CT molecular complexity index is 913. The summed E-state index contributed by atoms with van der Waals surface area (Å²) in [6, 6.07) is 0. The third kappa shape index (κ3) is 7.61. The number of nitrogens with zero attached hydrogens (tertiary/aromatic N) is 1. The molecule has 34 heavy (non-hydrogen) atoms. The average molecular weight is 490 g/mol. The van der Waals surface area contributed by atoms with Gasteiger partial charge in [-0.3, -0.25) is 9.59 Å². The molecule has 1 aromatic heterocycles. The van der Waals surface area contributed by atoms with E-state index in [9.17, 15) is 14.7 Å². The van der Waals surface area contributed by atoms with Crippen LogP contribution in [0.3, 0.4) is 0 Å². The third-order valence-corrected chi connectivity index (χ3v) is 8.30. The Morgan fingerprint density at radius 1 is 1.21 bits per heavy atom. The zero-order valence-corrected chi connectivity index (χ0v) is 23.0. The van der Waals surface area contributed by atoms with Crippen molar-refractivity contribution in [3.63, 3.8) is 0 Å². The number of aromatic nitrogens is 1. The second kappa shape index (κ2) is 12.3. The first-order valence-electron chi connectivity index (χ1n) is 12.5. The molecule has 0 radical (unpaired) electrons. The second-order valence-electron chi connectivity index (χ2n) is 10.8. The first-order chi connectivity index (χ1) is 15.8. The summed E-state index contributed by atoms with van der Waals surface area (Å²) in [7, 11) is 0. The topological polar surface area (TPSA) is 76.5 Å². The molecule has 0 saturated heterocycles. The van der Waals surface area contributed by atoms with E-state index in [0.717, 1.165) is 35.5 Å². The molecule has 6 heteroatoms. The van der Waals surface area contributed by atoms with Crippen molar-refractivity contribution in [2.24, 2.45) is 23.2 Å². The van der Waals surface area contributed by atoms with Gasteiger partial charge in [-0.2, -0.15) is 0 Å². The average Bonchev–Trinajstić information content (AvgIpc) is 3.17. The number of ether oxygens (including phenoxy) is 1. The molecule has 0 aliphatic carbocycles. The van der Waals surface area contributed by atoms with Crippen LogP contribution in [0.1, 0.15) is 91.3 Å². The van der Waals surface area contributed by atoms with E-state index >= 15 is 0 Å². The van der Waals surface area contributed by atoms with Gasteiger partial charge in [0.15, 0.2) is 0 Å². The number of aryl methyl sites for hydroxylation is 1. The van der Waals surface area contributed by atoms with Gasteiger partial charge in [-0.15, -0.1) is 11.3 Å². The SMILES string of the molecule is CC1=CCCC[C@H](C)[C@H](O)[C@@H](C)C(=O)C(C)(C)[C@@H](C)CC(=O)O[C@H](C(C)=Cc2csc(C)n2)C1. The Morgan fingerprint density at radius 2 is 1.88 bits per heavy atom. The number of hydrogen-bond donors (Lipinski definition) is 1. The van der Waals surface area contributed by atoms with Crippen molar-refractivity contribution in [3.05, 3.63) is 33.3 Å². The van der Waals surface area contributed by atoms with Crippen LogP contribution in [0.15, 0.2) is 22.6 Å². The molecule has 0 amide bonds. The molecule has 1 N–H and O–H groups in total. The van der Waals surface area contributed by atoms with E-state index < -0.39 is 17.4 Å². The van der Waals surface area contributed by atoms with Crippen molar-refractivity contribution in [2.75, 3.05) is 0 Å². The van der Waals surface area contributed by atoms with Crippen LogP contribution in [0, 0.1) is 30.1 Å². The van der Waals surface area contributed by atoms with Crippen LogP contribution in [-0.2, 0) is 14.3 Å². The van der Waals surface area contributed by atoms with Crippen LogP contribution in [0.2, 0.25) is 0 Å². The quantitative estimate of drug-likeness (QED) is 0.377. The van der Waals surface area contributed by atoms with Crippen molar-refractivity contribution in [1.29, 1.82) is 0 Å². The molecule has 0 spiro atoms. The number of hydrogen-bond acceptors (Lipinski definition) is 6. The summed E-state index contributed by atoms with van der Waals surface area (Å²) in [4.78, 5) is 30.8. The Balaban J connectivity index is 2.33. The highest BCUT2D eigenvalue weighted by Gasteiger charge is 2.41. The minimum atomic E-state index is -0.746. The Kier molecular flexibility index (Phi) is 10.3. The Labute approximate surface area is 209 Å². The fraction of sp³-hybridized carbons (Fsp3) is 0.679. The summed E-state index contributed by atoms with van der Waals surface area (Å²) >= 11 is 1.60. The van der Waals surface area contributed by atoms with Gasteiger partial charge in [0, 0.05) is 29.6 Å². The molecule has 1 aliphatic rings. The van der Waals surface area contributed by atoms with Crippen molar-refractivity contribution in [2.45, 2.75) is 99.7 Å². The number of aliphatic hydroxyl groups excluding tert-OH is 1. The van der Waals surface area contributed by atoms with Gasteiger partial charge in [-0.05, 0) is 63.5 Å². The number of rotatable bonds is 2. The largest absolute Gasteiger partial charge is 0.457 e. The standard InChI is InChI=1S/C28H43NO4S/c1-17-11-9-10-12-18(2)26(31)21(5)27(32)28(7,8)20(4)15-25(30)33-24(13-17)19(3)14-23-16-34-22(6)29-23/h11,14,16,18,20-21,24,26,31H,9-10,12-13,15H2,1-8H3/t18-,20-,21+,24-,26-/m0/s1. The van der Waals surface area contributed by atoms with Gasteiger partial charge in [0.25, 0.3) is 0 Å². The first-order valence-corrected chi connectivity index (χ1v) is 13.4. The summed E-state index contributed by atoms with van der Waals surface area (Å²) in [6.45, 7) is 15.6.